The smallest absolute Gasteiger partial charge is 0.261 e. The molecule has 2 aromatic carbocycles. The number of hydrogen-bond acceptors (Lipinski definition) is 4. The second-order valence-electron chi connectivity index (χ2n) is 6.15. The highest BCUT2D eigenvalue weighted by atomic mass is 16.2. The van der Waals surface area contributed by atoms with Crippen LogP contribution < -0.4 is 10.6 Å². The first-order chi connectivity index (χ1) is 13.5. The van der Waals surface area contributed by atoms with Crippen LogP contribution >= 0.6 is 0 Å². The van der Waals surface area contributed by atoms with E-state index in [-0.39, 0.29) is 18.9 Å². The lowest BCUT2D eigenvalue weighted by molar-refractivity contribution is -0.116. The Bertz CT molecular complexity index is 933. The van der Waals surface area contributed by atoms with Gasteiger partial charge in [0, 0.05) is 19.5 Å². The number of nitrogens with zero attached hydrogens (tertiary/aromatic N) is 1. The highest BCUT2D eigenvalue weighted by Crippen LogP contribution is 2.22. The van der Waals surface area contributed by atoms with Crippen LogP contribution in [0.1, 0.15) is 37.5 Å². The Morgan fingerprint density at radius 3 is 2.21 bits per heavy atom. The van der Waals surface area contributed by atoms with E-state index in [1.54, 1.807) is 54.6 Å². The van der Waals surface area contributed by atoms with Crippen LogP contribution in [0.2, 0.25) is 0 Å². The van der Waals surface area contributed by atoms with Gasteiger partial charge in [-0.25, -0.2) is 0 Å². The summed E-state index contributed by atoms with van der Waals surface area (Å²) in [6.07, 6.45) is 1.48. The van der Waals surface area contributed by atoms with Crippen LogP contribution in [-0.4, -0.2) is 41.6 Å². The SMILES string of the molecule is C=CCNC(=O)c1ccccc1NC(=O)CCN1C(=O)c2ccccc2C1=O. The predicted octanol–water partition coefficient (Wildman–Crippen LogP) is 2.23. The van der Waals surface area contributed by atoms with Crippen molar-refractivity contribution in [2.24, 2.45) is 0 Å². The number of imide groups is 1. The quantitative estimate of drug-likeness (QED) is 0.571. The van der Waals surface area contributed by atoms with E-state index in [0.29, 0.717) is 28.9 Å². The van der Waals surface area contributed by atoms with Gasteiger partial charge in [0.05, 0.1) is 22.4 Å². The number of hydrogen-bond donors (Lipinski definition) is 2. The van der Waals surface area contributed by atoms with Gasteiger partial charge in [0.15, 0.2) is 0 Å². The van der Waals surface area contributed by atoms with Gasteiger partial charge in [-0.2, -0.15) is 0 Å². The third-order valence-corrected chi connectivity index (χ3v) is 4.29. The molecule has 0 aromatic heterocycles. The van der Waals surface area contributed by atoms with Crippen molar-refractivity contribution in [1.82, 2.24) is 10.2 Å². The topological polar surface area (TPSA) is 95.6 Å². The summed E-state index contributed by atoms with van der Waals surface area (Å²) in [5.74, 6) is -1.55. The first kappa shape index (κ1) is 19.0. The summed E-state index contributed by atoms with van der Waals surface area (Å²) in [4.78, 5) is 50.2. The van der Waals surface area contributed by atoms with Gasteiger partial charge < -0.3 is 10.6 Å². The number of benzene rings is 2. The molecule has 142 valence electrons. The molecule has 2 aromatic rings. The molecular formula is C21H19N3O4. The molecule has 0 saturated heterocycles. The molecule has 0 atom stereocenters. The minimum atomic E-state index is -0.405. The van der Waals surface area contributed by atoms with E-state index in [0.717, 1.165) is 4.90 Å². The number of amides is 4. The summed E-state index contributed by atoms with van der Waals surface area (Å²) in [6, 6.07) is 13.2. The van der Waals surface area contributed by atoms with Crippen molar-refractivity contribution < 1.29 is 19.2 Å². The number of rotatable bonds is 7. The van der Waals surface area contributed by atoms with Crippen LogP contribution in [0.3, 0.4) is 0 Å². The molecule has 7 heteroatoms. The third-order valence-electron chi connectivity index (χ3n) is 4.29. The highest BCUT2D eigenvalue weighted by molar-refractivity contribution is 6.21. The molecule has 0 saturated carbocycles. The van der Waals surface area contributed by atoms with E-state index in [1.807, 2.05) is 0 Å². The van der Waals surface area contributed by atoms with Gasteiger partial charge in [-0.05, 0) is 24.3 Å². The lowest BCUT2D eigenvalue weighted by Crippen LogP contribution is -2.33. The maximum atomic E-state index is 12.3. The molecule has 0 aliphatic carbocycles. The molecule has 4 amide bonds. The van der Waals surface area contributed by atoms with Crippen LogP contribution in [0.5, 0.6) is 0 Å². The van der Waals surface area contributed by atoms with Gasteiger partial charge in [-0.3, -0.25) is 24.1 Å². The van der Waals surface area contributed by atoms with Crippen LogP contribution in [0.15, 0.2) is 61.2 Å². The van der Waals surface area contributed by atoms with Crippen molar-refractivity contribution in [3.05, 3.63) is 77.9 Å². The summed E-state index contributed by atoms with van der Waals surface area (Å²) < 4.78 is 0. The van der Waals surface area contributed by atoms with Gasteiger partial charge >= 0.3 is 0 Å². The maximum absolute atomic E-state index is 12.3. The summed E-state index contributed by atoms with van der Waals surface area (Å²) in [5, 5.41) is 5.32. The molecule has 7 nitrogen and oxygen atoms in total. The molecule has 0 fully saturated rings. The Balaban J connectivity index is 1.63. The normalized spacial score (nSPS) is 12.5. The zero-order valence-corrected chi connectivity index (χ0v) is 15.1. The van der Waals surface area contributed by atoms with Crippen LogP contribution in [-0.2, 0) is 4.79 Å². The van der Waals surface area contributed by atoms with Gasteiger partial charge in [0.2, 0.25) is 5.91 Å². The Morgan fingerprint density at radius 2 is 1.57 bits per heavy atom. The van der Waals surface area contributed by atoms with Crippen molar-refractivity contribution in [1.29, 1.82) is 0 Å². The van der Waals surface area contributed by atoms with Crippen molar-refractivity contribution in [3.63, 3.8) is 0 Å². The molecule has 1 aliphatic heterocycles. The average Bonchev–Trinajstić information content (AvgIpc) is 2.95. The zero-order valence-electron chi connectivity index (χ0n) is 15.1. The molecule has 1 aliphatic rings. The fourth-order valence-corrected chi connectivity index (χ4v) is 2.92. The Hall–Kier alpha value is -3.74. The van der Waals surface area contributed by atoms with E-state index < -0.39 is 17.7 Å². The van der Waals surface area contributed by atoms with E-state index in [1.165, 1.54) is 0 Å². The Kier molecular flexibility index (Phi) is 5.64. The Labute approximate surface area is 162 Å². The first-order valence-corrected chi connectivity index (χ1v) is 8.76. The standard InChI is InChI=1S/C21H19N3O4/c1-2-12-22-19(26)16-9-5-6-10-17(16)23-18(25)11-13-24-20(27)14-7-3-4-8-15(14)21(24)28/h2-10H,1,11-13H2,(H,22,26)(H,23,25). The van der Waals surface area contributed by atoms with Crippen molar-refractivity contribution in [2.75, 3.05) is 18.4 Å². The molecule has 2 N–H and O–H groups in total. The fraction of sp³-hybridized carbons (Fsp3) is 0.143. The summed E-state index contributed by atoms with van der Waals surface area (Å²) >= 11 is 0. The molecular weight excluding hydrogens is 358 g/mol. The molecule has 0 unspecified atom stereocenters. The van der Waals surface area contributed by atoms with E-state index in [9.17, 15) is 19.2 Å². The monoisotopic (exact) mass is 377 g/mol. The van der Waals surface area contributed by atoms with Gasteiger partial charge in [-0.15, -0.1) is 6.58 Å². The first-order valence-electron chi connectivity index (χ1n) is 8.76. The van der Waals surface area contributed by atoms with E-state index in [2.05, 4.69) is 17.2 Å². The van der Waals surface area contributed by atoms with E-state index in [4.69, 9.17) is 0 Å². The zero-order chi connectivity index (χ0) is 20.1. The van der Waals surface area contributed by atoms with Crippen molar-refractivity contribution in [3.8, 4) is 0 Å². The number of carbonyl (C=O) groups excluding carboxylic acids is 4. The van der Waals surface area contributed by atoms with Crippen molar-refractivity contribution >= 4 is 29.3 Å². The lowest BCUT2D eigenvalue weighted by atomic mass is 10.1. The molecule has 3 rings (SSSR count). The predicted molar refractivity (Wildman–Crippen MR) is 104 cm³/mol. The summed E-state index contributed by atoms with van der Waals surface area (Å²) in [7, 11) is 0. The molecule has 0 bridgehead atoms. The molecule has 1 heterocycles. The number of para-hydroxylation sites is 1. The number of fused-ring (bicyclic) bond motifs is 1. The maximum Gasteiger partial charge on any atom is 0.261 e. The largest absolute Gasteiger partial charge is 0.349 e. The Morgan fingerprint density at radius 1 is 0.964 bits per heavy atom. The van der Waals surface area contributed by atoms with E-state index >= 15 is 0 Å². The number of nitrogens with one attached hydrogen (secondary N) is 2. The number of anilines is 1. The van der Waals surface area contributed by atoms with Crippen molar-refractivity contribution in [2.45, 2.75) is 6.42 Å². The van der Waals surface area contributed by atoms with Crippen LogP contribution in [0.25, 0.3) is 0 Å². The third kappa shape index (κ3) is 3.83. The second-order valence-corrected chi connectivity index (χ2v) is 6.15. The minimum absolute atomic E-state index is 0.0387. The fourth-order valence-electron chi connectivity index (χ4n) is 2.92. The number of carbonyl (C=O) groups is 4. The lowest BCUT2D eigenvalue weighted by Gasteiger charge is -2.14. The van der Waals surface area contributed by atoms with Crippen LogP contribution in [0.4, 0.5) is 5.69 Å². The van der Waals surface area contributed by atoms with Gasteiger partial charge in [0.25, 0.3) is 17.7 Å². The second kappa shape index (κ2) is 8.30. The molecule has 28 heavy (non-hydrogen) atoms. The minimum Gasteiger partial charge on any atom is -0.349 e. The molecule has 0 spiro atoms. The highest BCUT2D eigenvalue weighted by Gasteiger charge is 2.34. The average molecular weight is 377 g/mol. The molecule has 0 radical (unpaired) electrons. The summed E-state index contributed by atoms with van der Waals surface area (Å²) in [6.45, 7) is 3.81. The van der Waals surface area contributed by atoms with Crippen LogP contribution in [0, 0.1) is 0 Å². The van der Waals surface area contributed by atoms with Gasteiger partial charge in [-0.1, -0.05) is 30.3 Å². The van der Waals surface area contributed by atoms with Gasteiger partial charge in [0.1, 0.15) is 0 Å². The summed E-state index contributed by atoms with van der Waals surface area (Å²) in [5.41, 5.74) is 1.36.